The summed E-state index contributed by atoms with van der Waals surface area (Å²) >= 11 is 6.86. The van der Waals surface area contributed by atoms with Crippen LogP contribution in [-0.2, 0) is 17.9 Å². The van der Waals surface area contributed by atoms with Gasteiger partial charge in [-0.25, -0.2) is 0 Å². The number of fused-ring (bicyclic) bond motifs is 1. The molecule has 4 heterocycles. The number of nitriles is 1. The minimum atomic E-state index is -0.265. The summed E-state index contributed by atoms with van der Waals surface area (Å²) in [7, 11) is 0. The number of thiocarbonyl (C=S) groups is 1. The Morgan fingerprint density at radius 3 is 2.58 bits per heavy atom. The molecule has 8 nitrogen and oxygen atoms in total. The third kappa shape index (κ3) is 4.93. The van der Waals surface area contributed by atoms with E-state index in [2.05, 4.69) is 11.0 Å². The second-order valence-electron chi connectivity index (χ2n) is 9.66. The first-order valence-corrected chi connectivity index (χ1v) is 14.2. The molecular formula is C28H30N4O4S2. The second kappa shape index (κ2) is 11.2. The maximum atomic E-state index is 13.6. The summed E-state index contributed by atoms with van der Waals surface area (Å²) in [5.74, 6) is 1.95. The summed E-state index contributed by atoms with van der Waals surface area (Å²) in [6.07, 6.45) is 6.97. The molecule has 0 N–H and O–H groups in total. The number of hydrogen-bond acceptors (Lipinski definition) is 8. The molecule has 1 aromatic heterocycles. The van der Waals surface area contributed by atoms with Crippen LogP contribution in [0.3, 0.4) is 0 Å². The van der Waals surface area contributed by atoms with Gasteiger partial charge in [0.25, 0.3) is 11.5 Å². The number of rotatable bonds is 6. The van der Waals surface area contributed by atoms with E-state index in [-0.39, 0.29) is 23.8 Å². The molecule has 2 saturated heterocycles. The van der Waals surface area contributed by atoms with Crippen molar-refractivity contribution in [1.29, 1.82) is 5.26 Å². The lowest BCUT2D eigenvalue weighted by molar-refractivity contribution is -0.122. The predicted octanol–water partition coefficient (Wildman–Crippen LogP) is 4.95. The van der Waals surface area contributed by atoms with Gasteiger partial charge in [0.1, 0.15) is 21.8 Å². The highest BCUT2D eigenvalue weighted by Crippen LogP contribution is 2.38. The quantitative estimate of drug-likeness (QED) is 0.369. The molecule has 2 fully saturated rings. The van der Waals surface area contributed by atoms with Gasteiger partial charge in [0.05, 0.1) is 11.4 Å². The first-order valence-electron chi connectivity index (χ1n) is 13.0. The van der Waals surface area contributed by atoms with Crippen LogP contribution in [0.25, 0.3) is 6.08 Å². The fourth-order valence-corrected chi connectivity index (χ4v) is 6.42. The van der Waals surface area contributed by atoms with Crippen molar-refractivity contribution in [3.8, 4) is 17.6 Å². The average molecular weight is 551 g/mol. The van der Waals surface area contributed by atoms with Crippen LogP contribution in [0.15, 0.2) is 27.9 Å². The van der Waals surface area contributed by atoms with Gasteiger partial charge in [0, 0.05) is 25.2 Å². The zero-order valence-corrected chi connectivity index (χ0v) is 23.3. The standard InChI is InChI=1S/C28H30N4O4S2/c1-3-10-31-25(30-11-6-4-5-7-12-30)20(18(2)21(15-29)26(31)33)14-24-27(34)32(28(37)38-24)16-19-8-9-22-23(13-19)36-17-35-22/h8-9,13-14H,3-7,10-12,16-17H2,1-2H3. The molecule has 0 spiro atoms. The van der Waals surface area contributed by atoms with Crippen LogP contribution >= 0.6 is 24.0 Å². The third-order valence-corrected chi connectivity index (χ3v) is 8.50. The summed E-state index contributed by atoms with van der Waals surface area (Å²) in [5.41, 5.74) is 2.10. The number of aromatic nitrogens is 1. The molecule has 0 aliphatic carbocycles. The van der Waals surface area contributed by atoms with Crippen LogP contribution in [0, 0.1) is 18.3 Å². The van der Waals surface area contributed by atoms with E-state index in [0.717, 1.165) is 62.1 Å². The minimum absolute atomic E-state index is 0.124. The highest BCUT2D eigenvalue weighted by molar-refractivity contribution is 8.26. The summed E-state index contributed by atoms with van der Waals surface area (Å²) in [4.78, 5) is 31.3. The fraction of sp³-hybridized carbons (Fsp3) is 0.429. The van der Waals surface area contributed by atoms with E-state index in [9.17, 15) is 14.9 Å². The molecule has 3 aliphatic rings. The Kier molecular flexibility index (Phi) is 7.77. The third-order valence-electron chi connectivity index (χ3n) is 7.13. The Morgan fingerprint density at radius 2 is 1.87 bits per heavy atom. The summed E-state index contributed by atoms with van der Waals surface area (Å²) in [6.45, 7) is 6.50. The van der Waals surface area contributed by atoms with Crippen molar-refractivity contribution in [2.75, 3.05) is 24.8 Å². The highest BCUT2D eigenvalue weighted by atomic mass is 32.2. The molecule has 0 radical (unpaired) electrons. The zero-order valence-electron chi connectivity index (χ0n) is 21.6. The summed E-state index contributed by atoms with van der Waals surface area (Å²) in [6, 6.07) is 7.72. The maximum absolute atomic E-state index is 13.6. The normalized spacial score (nSPS) is 18.3. The van der Waals surface area contributed by atoms with Gasteiger partial charge in [0.15, 0.2) is 11.5 Å². The molecule has 38 heavy (non-hydrogen) atoms. The Hall–Kier alpha value is -3.29. The number of carbonyl (C=O) groups excluding carboxylic acids is 1. The lowest BCUT2D eigenvalue weighted by Gasteiger charge is -2.29. The molecule has 10 heteroatoms. The van der Waals surface area contributed by atoms with Gasteiger partial charge in [-0.15, -0.1) is 0 Å². The number of amides is 1. The van der Waals surface area contributed by atoms with E-state index in [1.54, 1.807) is 16.4 Å². The molecular weight excluding hydrogens is 520 g/mol. The summed E-state index contributed by atoms with van der Waals surface area (Å²) in [5, 5.41) is 9.87. The molecule has 1 amide bonds. The van der Waals surface area contributed by atoms with Crippen molar-refractivity contribution in [3.63, 3.8) is 0 Å². The van der Waals surface area contributed by atoms with Gasteiger partial charge in [0.2, 0.25) is 6.79 Å². The SMILES string of the molecule is CCCn1c(N2CCCCCC2)c(C=C2SC(=S)N(Cc3ccc4c(c3)OCO4)C2=O)c(C)c(C#N)c1=O. The van der Waals surface area contributed by atoms with Crippen molar-refractivity contribution in [1.82, 2.24) is 9.47 Å². The first-order chi connectivity index (χ1) is 18.4. The van der Waals surface area contributed by atoms with Gasteiger partial charge in [-0.05, 0) is 55.5 Å². The number of benzene rings is 1. The van der Waals surface area contributed by atoms with Crippen LogP contribution in [0.2, 0.25) is 0 Å². The van der Waals surface area contributed by atoms with Crippen molar-refractivity contribution < 1.29 is 14.3 Å². The number of carbonyl (C=O) groups is 1. The first kappa shape index (κ1) is 26.3. The molecule has 198 valence electrons. The highest BCUT2D eigenvalue weighted by Gasteiger charge is 2.34. The van der Waals surface area contributed by atoms with E-state index < -0.39 is 0 Å². The number of hydrogen-bond donors (Lipinski definition) is 0. The van der Waals surface area contributed by atoms with E-state index in [1.165, 1.54) is 11.8 Å². The van der Waals surface area contributed by atoms with Crippen LogP contribution in [0.4, 0.5) is 5.82 Å². The largest absolute Gasteiger partial charge is 0.454 e. The van der Waals surface area contributed by atoms with Crippen LogP contribution < -0.4 is 19.9 Å². The Labute approximate surface area is 231 Å². The van der Waals surface area contributed by atoms with Crippen LogP contribution in [0.1, 0.15) is 61.3 Å². The van der Waals surface area contributed by atoms with Crippen molar-refractivity contribution in [3.05, 3.63) is 55.7 Å². The molecule has 0 saturated carbocycles. The van der Waals surface area contributed by atoms with Gasteiger partial charge >= 0.3 is 0 Å². The number of anilines is 1. The van der Waals surface area contributed by atoms with Crippen molar-refractivity contribution >= 4 is 46.1 Å². The second-order valence-corrected chi connectivity index (χ2v) is 11.3. The maximum Gasteiger partial charge on any atom is 0.270 e. The molecule has 3 aliphatic heterocycles. The Balaban J connectivity index is 1.55. The molecule has 5 rings (SSSR count). The van der Waals surface area contributed by atoms with Gasteiger partial charge in [-0.3, -0.25) is 19.1 Å². The lowest BCUT2D eigenvalue weighted by atomic mass is 10.0. The number of ether oxygens (including phenoxy) is 2. The van der Waals surface area contributed by atoms with Crippen LogP contribution in [-0.4, -0.2) is 39.6 Å². The average Bonchev–Trinajstić information content (AvgIpc) is 3.35. The van der Waals surface area contributed by atoms with Crippen molar-refractivity contribution in [2.45, 2.75) is 59.0 Å². The lowest BCUT2D eigenvalue weighted by Crippen LogP contribution is -2.35. The smallest absolute Gasteiger partial charge is 0.270 e. The topological polar surface area (TPSA) is 87.8 Å². The fourth-order valence-electron chi connectivity index (χ4n) is 5.19. The molecule has 2 aromatic rings. The Morgan fingerprint density at radius 1 is 1.13 bits per heavy atom. The van der Waals surface area contributed by atoms with E-state index in [0.29, 0.717) is 39.4 Å². The van der Waals surface area contributed by atoms with E-state index >= 15 is 0 Å². The van der Waals surface area contributed by atoms with E-state index in [1.807, 2.05) is 31.2 Å². The van der Waals surface area contributed by atoms with Crippen molar-refractivity contribution in [2.24, 2.45) is 0 Å². The van der Waals surface area contributed by atoms with Gasteiger partial charge in [-0.1, -0.05) is 49.8 Å². The zero-order chi connectivity index (χ0) is 26.8. The molecule has 0 unspecified atom stereocenters. The van der Waals surface area contributed by atoms with Crippen LogP contribution in [0.5, 0.6) is 11.5 Å². The van der Waals surface area contributed by atoms with E-state index in [4.69, 9.17) is 21.7 Å². The molecule has 1 aromatic carbocycles. The Bertz CT molecular complexity index is 1420. The molecule has 0 bridgehead atoms. The molecule has 0 atom stereocenters. The monoisotopic (exact) mass is 550 g/mol. The van der Waals surface area contributed by atoms with Gasteiger partial charge < -0.3 is 14.4 Å². The van der Waals surface area contributed by atoms with Gasteiger partial charge in [-0.2, -0.15) is 5.26 Å². The number of pyridine rings is 1. The summed E-state index contributed by atoms with van der Waals surface area (Å²) < 4.78 is 13.1. The minimum Gasteiger partial charge on any atom is -0.454 e. The number of thioether (sulfide) groups is 1. The predicted molar refractivity (Wildman–Crippen MR) is 152 cm³/mol. The number of nitrogens with zero attached hydrogens (tertiary/aromatic N) is 4.